The molecule has 1 fully saturated rings. The number of nitrogens with one attached hydrogen (secondary N) is 3. The van der Waals surface area contributed by atoms with E-state index >= 15 is 0 Å². The van der Waals surface area contributed by atoms with Gasteiger partial charge in [-0.2, -0.15) is 5.48 Å². The van der Waals surface area contributed by atoms with Gasteiger partial charge in [-0.05, 0) is 62.6 Å². The molecule has 10 heteroatoms. The van der Waals surface area contributed by atoms with Crippen LogP contribution in [0.25, 0.3) is 0 Å². The first-order valence-corrected chi connectivity index (χ1v) is 12.1. The van der Waals surface area contributed by atoms with Crippen molar-refractivity contribution in [2.24, 2.45) is 0 Å². The zero-order valence-electron chi connectivity index (χ0n) is 20.5. The van der Waals surface area contributed by atoms with Gasteiger partial charge in [-0.3, -0.25) is 15.0 Å². The van der Waals surface area contributed by atoms with Crippen LogP contribution in [-0.2, 0) is 19.2 Å². The van der Waals surface area contributed by atoms with E-state index in [0.717, 1.165) is 24.9 Å². The second-order valence-corrected chi connectivity index (χ2v) is 8.22. The number of amidine groups is 1. The highest BCUT2D eigenvalue weighted by Crippen LogP contribution is 2.23. The van der Waals surface area contributed by atoms with Gasteiger partial charge in [-0.1, -0.05) is 25.5 Å². The van der Waals surface area contributed by atoms with Gasteiger partial charge in [0.05, 0.1) is 6.61 Å². The molecule has 1 atom stereocenters. The topological polar surface area (TPSA) is 130 Å². The van der Waals surface area contributed by atoms with Crippen LogP contribution < -0.4 is 20.4 Å². The average Bonchev–Trinajstić information content (AvgIpc) is 2.88. The predicted octanol–water partition coefficient (Wildman–Crippen LogP) is 4.39. The lowest BCUT2D eigenvalue weighted by atomic mass is 10.1. The molecule has 1 aliphatic rings. The molecule has 1 heterocycles. The summed E-state index contributed by atoms with van der Waals surface area (Å²) in [7, 11) is 0. The van der Waals surface area contributed by atoms with Crippen molar-refractivity contribution in [2.45, 2.75) is 52.1 Å². The largest absolute Gasteiger partial charge is 0.533 e. The lowest BCUT2D eigenvalue weighted by Gasteiger charge is -2.27. The minimum absolute atomic E-state index is 0.118. The molecule has 36 heavy (non-hydrogen) atoms. The number of hydroxylamine groups is 1. The Morgan fingerprint density at radius 1 is 1.11 bits per heavy atom. The van der Waals surface area contributed by atoms with Gasteiger partial charge in [0.15, 0.2) is 11.9 Å². The summed E-state index contributed by atoms with van der Waals surface area (Å²) in [6.07, 6.45) is 1.97. The normalized spacial score (nSPS) is 13.9. The third-order valence-electron chi connectivity index (χ3n) is 5.51. The van der Waals surface area contributed by atoms with Gasteiger partial charge in [0.1, 0.15) is 5.75 Å². The average molecular weight is 497 g/mol. The van der Waals surface area contributed by atoms with Gasteiger partial charge in [0.25, 0.3) is 5.91 Å². The van der Waals surface area contributed by atoms with Gasteiger partial charge in [-0.25, -0.2) is 4.79 Å². The molecule has 192 valence electrons. The lowest BCUT2D eigenvalue weighted by molar-refractivity contribution is -0.123. The molecule has 10 nitrogen and oxygen atoms in total. The zero-order valence-corrected chi connectivity index (χ0v) is 20.5. The fourth-order valence-electron chi connectivity index (χ4n) is 3.72. The summed E-state index contributed by atoms with van der Waals surface area (Å²) in [5.41, 5.74) is 4.05. The molecular weight excluding hydrogens is 464 g/mol. The van der Waals surface area contributed by atoms with E-state index in [9.17, 15) is 14.4 Å². The summed E-state index contributed by atoms with van der Waals surface area (Å²) in [4.78, 5) is 42.9. The highest BCUT2D eigenvalue weighted by molar-refractivity contribution is 5.97. The first kappa shape index (κ1) is 26.5. The van der Waals surface area contributed by atoms with Crippen molar-refractivity contribution in [1.82, 2.24) is 5.48 Å². The van der Waals surface area contributed by atoms with E-state index < -0.39 is 12.3 Å². The van der Waals surface area contributed by atoms with E-state index in [1.54, 1.807) is 48.2 Å². The molecule has 1 aliphatic heterocycles. The third kappa shape index (κ3) is 7.46. The Bertz CT molecular complexity index is 1070. The summed E-state index contributed by atoms with van der Waals surface area (Å²) >= 11 is 0. The van der Waals surface area contributed by atoms with Crippen molar-refractivity contribution in [1.29, 1.82) is 5.41 Å². The van der Waals surface area contributed by atoms with Crippen LogP contribution >= 0.6 is 0 Å². The fraction of sp³-hybridized carbons (Fsp3) is 0.385. The zero-order chi connectivity index (χ0) is 25.9. The monoisotopic (exact) mass is 496 g/mol. The van der Waals surface area contributed by atoms with Crippen LogP contribution in [0.3, 0.4) is 0 Å². The van der Waals surface area contributed by atoms with Gasteiger partial charge in [-0.15, -0.1) is 0 Å². The molecule has 2 aromatic carbocycles. The van der Waals surface area contributed by atoms with Crippen molar-refractivity contribution in [3.63, 3.8) is 0 Å². The highest BCUT2D eigenvalue weighted by Gasteiger charge is 2.22. The summed E-state index contributed by atoms with van der Waals surface area (Å²) in [5.74, 6) is 0.0373. The van der Waals surface area contributed by atoms with Crippen LogP contribution in [0.5, 0.6) is 5.75 Å². The molecule has 2 aromatic rings. The molecule has 0 radical (unpaired) electrons. The highest BCUT2D eigenvalue weighted by atomic mass is 16.8. The number of hydrogen-bond acceptors (Lipinski definition) is 7. The van der Waals surface area contributed by atoms with E-state index in [2.05, 4.69) is 20.4 Å². The van der Waals surface area contributed by atoms with Gasteiger partial charge >= 0.3 is 6.16 Å². The molecule has 1 unspecified atom stereocenters. The molecule has 0 bridgehead atoms. The second-order valence-electron chi connectivity index (χ2n) is 8.22. The van der Waals surface area contributed by atoms with E-state index in [1.807, 2.05) is 19.1 Å². The van der Waals surface area contributed by atoms with Crippen LogP contribution in [0.1, 0.15) is 51.5 Å². The maximum Gasteiger partial charge on any atom is 0.533 e. The van der Waals surface area contributed by atoms with Crippen molar-refractivity contribution >= 4 is 35.2 Å². The van der Waals surface area contributed by atoms with E-state index in [4.69, 9.17) is 10.1 Å². The molecule has 3 rings (SSSR count). The minimum Gasteiger partial charge on any atom is -0.481 e. The van der Waals surface area contributed by atoms with Gasteiger partial charge in [0.2, 0.25) is 5.91 Å². The Morgan fingerprint density at radius 2 is 1.89 bits per heavy atom. The van der Waals surface area contributed by atoms with Crippen molar-refractivity contribution < 1.29 is 28.7 Å². The summed E-state index contributed by atoms with van der Waals surface area (Å²) in [5, 5.41) is 10.9. The Kier molecular flexibility index (Phi) is 9.67. The number of ether oxygens (including phenoxy) is 2. The molecule has 3 N–H and O–H groups in total. The molecule has 1 saturated heterocycles. The maximum absolute atomic E-state index is 13.0. The number of benzene rings is 2. The molecule has 0 spiro atoms. The standard InChI is InChI=1S/C26H32N4O6/c1-3-8-22(35-21-10-7-9-18(17-21)24(27)29-36-26(33)34-4-2)25(32)28-19-12-14-20(15-13-19)30-16-6-5-11-23(30)31/h7,9-10,12-15,17,22H,3-6,8,11,16H2,1-2H3,(H2,27,29)(H,28,32). The summed E-state index contributed by atoms with van der Waals surface area (Å²) in [6.45, 7) is 4.46. The number of hydrogen-bond donors (Lipinski definition) is 3. The molecule has 0 aromatic heterocycles. The van der Waals surface area contributed by atoms with Crippen molar-refractivity contribution in [3.8, 4) is 5.75 Å². The van der Waals surface area contributed by atoms with Gasteiger partial charge < -0.3 is 24.5 Å². The number of anilines is 2. The SMILES string of the molecule is CCCC(Oc1cccc(C(=N)NOC(=O)OCC)c1)C(=O)Nc1ccc(N2CCCCC2=O)cc1. The third-order valence-corrected chi connectivity index (χ3v) is 5.51. The van der Waals surface area contributed by atoms with Crippen LogP contribution in [0.4, 0.5) is 16.2 Å². The van der Waals surface area contributed by atoms with Crippen LogP contribution in [0.2, 0.25) is 0 Å². The Balaban J connectivity index is 1.61. The second kappa shape index (κ2) is 13.1. The molecule has 2 amide bonds. The fourth-order valence-corrected chi connectivity index (χ4v) is 3.72. The summed E-state index contributed by atoms with van der Waals surface area (Å²) < 4.78 is 10.6. The molecule has 0 aliphatic carbocycles. The van der Waals surface area contributed by atoms with Crippen molar-refractivity contribution in [2.75, 3.05) is 23.4 Å². The number of amides is 2. The maximum atomic E-state index is 13.0. The van der Waals surface area contributed by atoms with E-state index in [1.165, 1.54) is 0 Å². The smallest absolute Gasteiger partial charge is 0.481 e. The van der Waals surface area contributed by atoms with Crippen LogP contribution in [-0.4, -0.2) is 43.1 Å². The summed E-state index contributed by atoms with van der Waals surface area (Å²) in [6, 6.07) is 13.8. The van der Waals surface area contributed by atoms with Crippen molar-refractivity contribution in [3.05, 3.63) is 54.1 Å². The lowest BCUT2D eigenvalue weighted by Crippen LogP contribution is -2.35. The van der Waals surface area contributed by atoms with E-state index in [-0.39, 0.29) is 24.3 Å². The van der Waals surface area contributed by atoms with E-state index in [0.29, 0.717) is 36.4 Å². The first-order chi connectivity index (χ1) is 17.4. The Labute approximate surface area is 210 Å². The predicted molar refractivity (Wildman–Crippen MR) is 135 cm³/mol. The molecular formula is C26H32N4O6. The Morgan fingerprint density at radius 3 is 2.58 bits per heavy atom. The van der Waals surface area contributed by atoms with Gasteiger partial charge in [0, 0.05) is 29.9 Å². The number of carbonyl (C=O) groups is 3. The van der Waals surface area contributed by atoms with Crippen LogP contribution in [0.15, 0.2) is 48.5 Å². The molecule has 0 saturated carbocycles. The van der Waals surface area contributed by atoms with Crippen LogP contribution in [0, 0.1) is 5.41 Å². The Hall–Kier alpha value is -4.08. The number of piperidine rings is 1. The minimum atomic E-state index is -0.940. The number of carbonyl (C=O) groups excluding carboxylic acids is 3. The quantitative estimate of drug-likeness (QED) is 0.203. The number of nitrogens with zero attached hydrogens (tertiary/aromatic N) is 1. The number of rotatable bonds is 9. The first-order valence-electron chi connectivity index (χ1n) is 12.1.